The van der Waals surface area contributed by atoms with E-state index < -0.39 is 6.09 Å². The van der Waals surface area contributed by atoms with Gasteiger partial charge in [0.2, 0.25) is 0 Å². The third kappa shape index (κ3) is 9.14. The van der Waals surface area contributed by atoms with Crippen molar-refractivity contribution in [2.24, 2.45) is 11.7 Å². The molecule has 13 heavy (non-hydrogen) atoms. The monoisotopic (exact) mass is 188 g/mol. The highest BCUT2D eigenvalue weighted by Gasteiger charge is 1.99. The Labute approximate surface area is 79.8 Å². The van der Waals surface area contributed by atoms with Crippen molar-refractivity contribution >= 4 is 6.09 Å². The van der Waals surface area contributed by atoms with Crippen LogP contribution < -0.4 is 11.1 Å². The normalized spacial score (nSPS) is 12.5. The Kier molecular flexibility index (Phi) is 7.39. The molecule has 0 radical (unpaired) electrons. The first-order chi connectivity index (χ1) is 6.16. The van der Waals surface area contributed by atoms with Crippen LogP contribution in [0.15, 0.2) is 0 Å². The zero-order valence-electron chi connectivity index (χ0n) is 8.51. The second kappa shape index (κ2) is 7.86. The van der Waals surface area contributed by atoms with E-state index in [-0.39, 0.29) is 0 Å². The van der Waals surface area contributed by atoms with Crippen molar-refractivity contribution in [2.75, 3.05) is 19.7 Å². The Bertz CT molecular complexity index is 140. The second-order valence-electron chi connectivity index (χ2n) is 3.27. The smallest absolute Gasteiger partial charge is 0.404 e. The minimum absolute atomic E-state index is 0.355. The molecule has 78 valence electrons. The number of hydrogen-bond donors (Lipinski definition) is 2. The summed E-state index contributed by atoms with van der Waals surface area (Å²) >= 11 is 0. The minimum atomic E-state index is -0.705. The van der Waals surface area contributed by atoms with Gasteiger partial charge in [-0.05, 0) is 18.9 Å². The fraction of sp³-hybridized carbons (Fsp3) is 0.889. The lowest BCUT2D eigenvalue weighted by Gasteiger charge is -2.10. The zero-order chi connectivity index (χ0) is 10.1. The number of ether oxygens (including phenoxy) is 1. The molecule has 0 aromatic heterocycles. The number of nitrogens with two attached hydrogens (primary N) is 1. The highest BCUT2D eigenvalue weighted by Crippen LogP contribution is 2.01. The summed E-state index contributed by atoms with van der Waals surface area (Å²) in [5.41, 5.74) is 4.79. The van der Waals surface area contributed by atoms with Crippen molar-refractivity contribution in [3.63, 3.8) is 0 Å². The van der Waals surface area contributed by atoms with E-state index in [1.54, 1.807) is 0 Å². The van der Waals surface area contributed by atoms with E-state index in [9.17, 15) is 4.79 Å². The van der Waals surface area contributed by atoms with Gasteiger partial charge in [-0.2, -0.15) is 0 Å². The second-order valence-corrected chi connectivity index (χ2v) is 3.27. The molecule has 1 unspecified atom stereocenters. The number of primary amides is 1. The van der Waals surface area contributed by atoms with Gasteiger partial charge in [0.1, 0.15) is 6.61 Å². The van der Waals surface area contributed by atoms with Gasteiger partial charge in [0.15, 0.2) is 0 Å². The van der Waals surface area contributed by atoms with Gasteiger partial charge in [-0.3, -0.25) is 0 Å². The molecule has 0 saturated heterocycles. The molecule has 0 spiro atoms. The van der Waals surface area contributed by atoms with E-state index in [1.165, 1.54) is 12.8 Å². The largest absolute Gasteiger partial charge is 0.448 e. The molecule has 1 atom stereocenters. The van der Waals surface area contributed by atoms with E-state index in [2.05, 4.69) is 23.9 Å². The average molecular weight is 188 g/mol. The van der Waals surface area contributed by atoms with Crippen LogP contribution in [0.25, 0.3) is 0 Å². The van der Waals surface area contributed by atoms with Gasteiger partial charge in [-0.1, -0.05) is 20.3 Å². The molecule has 0 heterocycles. The molecule has 4 heteroatoms. The van der Waals surface area contributed by atoms with Crippen LogP contribution in [0, 0.1) is 5.92 Å². The fourth-order valence-corrected chi connectivity index (χ4v) is 1.17. The lowest BCUT2D eigenvalue weighted by Crippen LogP contribution is -2.27. The van der Waals surface area contributed by atoms with Crippen molar-refractivity contribution in [2.45, 2.75) is 26.7 Å². The highest BCUT2D eigenvalue weighted by atomic mass is 16.5. The van der Waals surface area contributed by atoms with Crippen molar-refractivity contribution in [1.82, 2.24) is 5.32 Å². The minimum Gasteiger partial charge on any atom is -0.448 e. The van der Waals surface area contributed by atoms with Crippen LogP contribution in [0.5, 0.6) is 0 Å². The maximum atomic E-state index is 10.2. The maximum absolute atomic E-state index is 10.2. The van der Waals surface area contributed by atoms with Crippen LogP contribution in [-0.4, -0.2) is 25.8 Å². The number of nitrogens with one attached hydrogen (secondary N) is 1. The van der Waals surface area contributed by atoms with Crippen molar-refractivity contribution in [1.29, 1.82) is 0 Å². The molecule has 0 saturated carbocycles. The first-order valence-electron chi connectivity index (χ1n) is 4.79. The van der Waals surface area contributed by atoms with Gasteiger partial charge in [0.25, 0.3) is 0 Å². The van der Waals surface area contributed by atoms with Gasteiger partial charge in [-0.15, -0.1) is 0 Å². The van der Waals surface area contributed by atoms with Crippen molar-refractivity contribution in [3.05, 3.63) is 0 Å². The molecule has 0 aliphatic heterocycles. The molecule has 0 rings (SSSR count). The molecule has 0 fully saturated rings. The Balaban J connectivity index is 3.11. The zero-order valence-corrected chi connectivity index (χ0v) is 8.51. The van der Waals surface area contributed by atoms with Gasteiger partial charge in [0, 0.05) is 6.54 Å². The Morgan fingerprint density at radius 1 is 1.62 bits per heavy atom. The predicted molar refractivity (Wildman–Crippen MR) is 52.5 cm³/mol. The van der Waals surface area contributed by atoms with Gasteiger partial charge in [-0.25, -0.2) is 4.79 Å². The van der Waals surface area contributed by atoms with E-state index in [0.29, 0.717) is 19.1 Å². The van der Waals surface area contributed by atoms with Crippen LogP contribution in [-0.2, 0) is 4.74 Å². The number of carbonyl (C=O) groups excluding carboxylic acids is 1. The average Bonchev–Trinajstić information content (AvgIpc) is 2.03. The Morgan fingerprint density at radius 2 is 2.31 bits per heavy atom. The SMILES string of the molecule is CCCC(C)CNCCOC(N)=O. The third-order valence-corrected chi connectivity index (χ3v) is 1.80. The summed E-state index contributed by atoms with van der Waals surface area (Å²) in [6.07, 6.45) is 1.73. The predicted octanol–water partition coefficient (Wildman–Crippen LogP) is 1.11. The fourth-order valence-electron chi connectivity index (χ4n) is 1.17. The van der Waals surface area contributed by atoms with E-state index in [0.717, 1.165) is 6.54 Å². The van der Waals surface area contributed by atoms with Crippen molar-refractivity contribution < 1.29 is 9.53 Å². The Morgan fingerprint density at radius 3 is 2.85 bits per heavy atom. The first-order valence-corrected chi connectivity index (χ1v) is 4.79. The van der Waals surface area contributed by atoms with Gasteiger partial charge in [0.05, 0.1) is 0 Å². The standard InChI is InChI=1S/C9H20N2O2/c1-3-4-8(2)7-11-5-6-13-9(10)12/h8,11H,3-7H2,1-2H3,(H2,10,12). The first kappa shape index (κ1) is 12.2. The lowest BCUT2D eigenvalue weighted by atomic mass is 10.1. The van der Waals surface area contributed by atoms with E-state index in [4.69, 9.17) is 5.73 Å². The summed E-state index contributed by atoms with van der Waals surface area (Å²) in [5.74, 6) is 0.679. The third-order valence-electron chi connectivity index (χ3n) is 1.80. The summed E-state index contributed by atoms with van der Waals surface area (Å²) in [4.78, 5) is 10.2. The molecule has 0 aromatic rings. The van der Waals surface area contributed by atoms with Crippen LogP contribution in [0.4, 0.5) is 4.79 Å². The number of carbonyl (C=O) groups is 1. The maximum Gasteiger partial charge on any atom is 0.404 e. The molecule has 0 aliphatic carbocycles. The highest BCUT2D eigenvalue weighted by molar-refractivity contribution is 5.64. The van der Waals surface area contributed by atoms with Crippen molar-refractivity contribution in [3.8, 4) is 0 Å². The van der Waals surface area contributed by atoms with Crippen LogP contribution in [0.2, 0.25) is 0 Å². The Hall–Kier alpha value is -0.770. The molecular formula is C9H20N2O2. The summed E-state index contributed by atoms with van der Waals surface area (Å²) in [6.45, 7) is 6.37. The lowest BCUT2D eigenvalue weighted by molar-refractivity contribution is 0.157. The molecular weight excluding hydrogens is 168 g/mol. The molecule has 1 amide bonds. The number of rotatable bonds is 7. The van der Waals surface area contributed by atoms with Crippen LogP contribution in [0.3, 0.4) is 0 Å². The molecule has 3 N–H and O–H groups in total. The van der Waals surface area contributed by atoms with Gasteiger partial charge >= 0.3 is 6.09 Å². The summed E-state index contributed by atoms with van der Waals surface area (Å²) in [6, 6.07) is 0. The topological polar surface area (TPSA) is 64.3 Å². The molecule has 0 aliphatic rings. The summed E-state index contributed by atoms with van der Waals surface area (Å²) in [7, 11) is 0. The summed E-state index contributed by atoms with van der Waals surface area (Å²) in [5, 5.41) is 3.19. The van der Waals surface area contributed by atoms with E-state index >= 15 is 0 Å². The number of hydrogen-bond acceptors (Lipinski definition) is 3. The molecule has 0 aromatic carbocycles. The summed E-state index contributed by atoms with van der Waals surface area (Å²) < 4.78 is 4.56. The molecule has 0 bridgehead atoms. The van der Waals surface area contributed by atoms with Crippen LogP contribution in [0.1, 0.15) is 26.7 Å². The van der Waals surface area contributed by atoms with Gasteiger partial charge < -0.3 is 15.8 Å². The number of amides is 1. The quantitative estimate of drug-likeness (QED) is 0.588. The van der Waals surface area contributed by atoms with E-state index in [1.807, 2.05) is 0 Å². The molecule has 4 nitrogen and oxygen atoms in total. The van der Waals surface area contributed by atoms with Crippen LogP contribution >= 0.6 is 0 Å².